The molecule has 13 heavy (non-hydrogen) atoms. The van der Waals surface area contributed by atoms with Crippen LogP contribution in [0.2, 0.25) is 0 Å². The van der Waals surface area contributed by atoms with Crippen molar-refractivity contribution >= 4 is 0 Å². The molecule has 2 nitrogen and oxygen atoms in total. The Labute approximate surface area is 80.1 Å². The number of nitrogens with zero attached hydrogens (tertiary/aromatic N) is 1. The molecule has 1 radical (unpaired) electrons. The van der Waals surface area contributed by atoms with Crippen molar-refractivity contribution in [3.8, 4) is 0 Å². The van der Waals surface area contributed by atoms with Gasteiger partial charge >= 0.3 is 0 Å². The fourth-order valence-corrected chi connectivity index (χ4v) is 1.16. The Kier molecular flexibility index (Phi) is 4.50. The van der Waals surface area contributed by atoms with Crippen molar-refractivity contribution in [1.29, 1.82) is 0 Å². The van der Waals surface area contributed by atoms with E-state index in [1.807, 2.05) is 12.1 Å². The van der Waals surface area contributed by atoms with Gasteiger partial charge in [0.25, 0.3) is 0 Å². The first kappa shape index (κ1) is 10.2. The highest BCUT2D eigenvalue weighted by molar-refractivity contribution is 5.13. The van der Waals surface area contributed by atoms with Gasteiger partial charge in [-0.25, -0.2) is 0 Å². The third-order valence-electron chi connectivity index (χ3n) is 1.92. The van der Waals surface area contributed by atoms with Crippen LogP contribution < -0.4 is 0 Å². The quantitative estimate of drug-likeness (QED) is 0.678. The number of hydrogen-bond acceptors (Lipinski definition) is 2. The molecule has 0 N–H and O–H groups in total. The summed E-state index contributed by atoms with van der Waals surface area (Å²) in [7, 11) is 3.82. The highest BCUT2D eigenvalue weighted by Gasteiger charge is 1.98. The number of hydrogen-bond donors (Lipinski definition) is 0. The van der Waals surface area contributed by atoms with Crippen molar-refractivity contribution < 1.29 is 4.74 Å². The summed E-state index contributed by atoms with van der Waals surface area (Å²) in [6, 6.07) is 11.1. The van der Waals surface area contributed by atoms with Crippen molar-refractivity contribution in [3.63, 3.8) is 0 Å². The van der Waals surface area contributed by atoms with E-state index in [2.05, 4.69) is 30.1 Å². The van der Waals surface area contributed by atoms with Gasteiger partial charge in [0, 0.05) is 20.2 Å². The zero-order valence-corrected chi connectivity index (χ0v) is 8.29. The van der Waals surface area contributed by atoms with E-state index in [4.69, 9.17) is 4.74 Å². The maximum absolute atomic E-state index is 5.00. The Balaban J connectivity index is 2.32. The number of benzene rings is 1. The van der Waals surface area contributed by atoms with Crippen molar-refractivity contribution in [1.82, 2.24) is 4.90 Å². The van der Waals surface area contributed by atoms with E-state index in [1.165, 1.54) is 5.56 Å². The number of methoxy groups -OCH3 is 1. The second-order valence-corrected chi connectivity index (χ2v) is 3.14. The molecule has 0 spiro atoms. The van der Waals surface area contributed by atoms with Crippen LogP contribution in [0.5, 0.6) is 0 Å². The monoisotopic (exact) mass is 178 g/mol. The van der Waals surface area contributed by atoms with E-state index < -0.39 is 0 Å². The lowest BCUT2D eigenvalue weighted by molar-refractivity contribution is 0.158. The van der Waals surface area contributed by atoms with E-state index in [9.17, 15) is 0 Å². The van der Waals surface area contributed by atoms with Gasteiger partial charge in [-0.05, 0) is 18.7 Å². The minimum absolute atomic E-state index is 0.787. The van der Waals surface area contributed by atoms with Crippen LogP contribution in [0, 0.1) is 6.07 Å². The van der Waals surface area contributed by atoms with Gasteiger partial charge in [-0.3, -0.25) is 4.90 Å². The van der Waals surface area contributed by atoms with Crippen molar-refractivity contribution in [2.24, 2.45) is 0 Å². The van der Waals surface area contributed by atoms with Crippen molar-refractivity contribution in [3.05, 3.63) is 35.9 Å². The smallest absolute Gasteiger partial charge is 0.0589 e. The van der Waals surface area contributed by atoms with Crippen LogP contribution in [0.4, 0.5) is 0 Å². The molecule has 0 aromatic heterocycles. The molecular weight excluding hydrogens is 162 g/mol. The molecule has 0 fully saturated rings. The van der Waals surface area contributed by atoms with Crippen LogP contribution >= 0.6 is 0 Å². The molecule has 0 aliphatic rings. The Hall–Kier alpha value is -0.860. The zero-order chi connectivity index (χ0) is 9.52. The molecule has 0 saturated heterocycles. The average Bonchev–Trinajstić information content (AvgIpc) is 2.16. The molecule has 0 bridgehead atoms. The molecule has 2 heteroatoms. The molecule has 1 aromatic rings. The fourth-order valence-electron chi connectivity index (χ4n) is 1.16. The van der Waals surface area contributed by atoms with Gasteiger partial charge < -0.3 is 4.74 Å². The summed E-state index contributed by atoms with van der Waals surface area (Å²) < 4.78 is 5.00. The maximum Gasteiger partial charge on any atom is 0.0589 e. The van der Waals surface area contributed by atoms with Gasteiger partial charge in [0.2, 0.25) is 0 Å². The van der Waals surface area contributed by atoms with E-state index in [-0.39, 0.29) is 0 Å². The largest absolute Gasteiger partial charge is 0.383 e. The van der Waals surface area contributed by atoms with Crippen LogP contribution in [0.25, 0.3) is 0 Å². The Morgan fingerprint density at radius 2 is 2.08 bits per heavy atom. The minimum Gasteiger partial charge on any atom is -0.383 e. The molecule has 0 heterocycles. The highest BCUT2D eigenvalue weighted by Crippen LogP contribution is 2.01. The number of likely N-dealkylation sites (N-methyl/N-ethyl adjacent to an activating group) is 1. The van der Waals surface area contributed by atoms with E-state index >= 15 is 0 Å². The van der Waals surface area contributed by atoms with Gasteiger partial charge in [0.05, 0.1) is 6.61 Å². The highest BCUT2D eigenvalue weighted by atomic mass is 16.5. The molecule has 0 amide bonds. The first-order chi connectivity index (χ1) is 6.33. The molecule has 1 rings (SSSR count). The van der Waals surface area contributed by atoms with Gasteiger partial charge in [-0.2, -0.15) is 0 Å². The van der Waals surface area contributed by atoms with E-state index in [0.29, 0.717) is 0 Å². The van der Waals surface area contributed by atoms with Crippen molar-refractivity contribution in [2.45, 2.75) is 6.54 Å². The Morgan fingerprint density at radius 3 is 2.69 bits per heavy atom. The first-order valence-corrected chi connectivity index (χ1v) is 4.45. The zero-order valence-electron chi connectivity index (χ0n) is 8.29. The van der Waals surface area contributed by atoms with E-state index in [0.717, 1.165) is 19.7 Å². The molecule has 0 aliphatic heterocycles. The third-order valence-corrected chi connectivity index (χ3v) is 1.92. The maximum atomic E-state index is 5.00. The standard InChI is InChI=1S/C11H16NO/c1-12(8-9-13-2)10-11-6-4-3-5-7-11/h4-7H,8-10H2,1-2H3. The Bertz CT molecular complexity index is 223. The molecule has 0 atom stereocenters. The van der Waals surface area contributed by atoms with E-state index in [1.54, 1.807) is 7.11 Å². The summed E-state index contributed by atoms with van der Waals surface area (Å²) in [6.07, 6.45) is 0. The molecule has 0 aliphatic carbocycles. The molecule has 0 saturated carbocycles. The lowest BCUT2D eigenvalue weighted by Crippen LogP contribution is -2.22. The van der Waals surface area contributed by atoms with Gasteiger partial charge in [-0.1, -0.05) is 24.3 Å². The summed E-state index contributed by atoms with van der Waals surface area (Å²) >= 11 is 0. The summed E-state index contributed by atoms with van der Waals surface area (Å²) in [5, 5.41) is 0. The van der Waals surface area contributed by atoms with Crippen LogP contribution in [0.15, 0.2) is 24.3 Å². The summed E-state index contributed by atoms with van der Waals surface area (Å²) in [5.74, 6) is 0. The van der Waals surface area contributed by atoms with Crippen LogP contribution in [0.1, 0.15) is 5.56 Å². The SMILES string of the molecule is COCCN(C)Cc1cc[c]cc1. The van der Waals surface area contributed by atoms with Crippen LogP contribution in [-0.2, 0) is 11.3 Å². The molecular formula is C11H16NO. The third kappa shape index (κ3) is 4.06. The fraction of sp³-hybridized carbons (Fsp3) is 0.455. The summed E-state index contributed by atoms with van der Waals surface area (Å²) in [6.45, 7) is 2.72. The summed E-state index contributed by atoms with van der Waals surface area (Å²) in [5.41, 5.74) is 1.32. The summed E-state index contributed by atoms with van der Waals surface area (Å²) in [4.78, 5) is 2.23. The number of ether oxygens (including phenoxy) is 1. The molecule has 1 aromatic carbocycles. The van der Waals surface area contributed by atoms with Crippen LogP contribution in [0.3, 0.4) is 0 Å². The second kappa shape index (κ2) is 5.73. The lowest BCUT2D eigenvalue weighted by atomic mass is 10.2. The topological polar surface area (TPSA) is 12.5 Å². The predicted octanol–water partition coefficient (Wildman–Crippen LogP) is 1.56. The average molecular weight is 178 g/mol. The number of rotatable bonds is 5. The minimum atomic E-state index is 0.787. The second-order valence-electron chi connectivity index (χ2n) is 3.14. The Morgan fingerprint density at radius 1 is 1.38 bits per heavy atom. The first-order valence-electron chi connectivity index (χ1n) is 4.45. The van der Waals surface area contributed by atoms with Gasteiger partial charge in [0.15, 0.2) is 0 Å². The molecule has 0 unspecified atom stereocenters. The molecule has 71 valence electrons. The van der Waals surface area contributed by atoms with Crippen LogP contribution in [-0.4, -0.2) is 32.2 Å². The van der Waals surface area contributed by atoms with Crippen molar-refractivity contribution in [2.75, 3.05) is 27.3 Å². The normalized spacial score (nSPS) is 10.7. The lowest BCUT2D eigenvalue weighted by Gasteiger charge is -2.15. The van der Waals surface area contributed by atoms with Gasteiger partial charge in [0.1, 0.15) is 0 Å². The van der Waals surface area contributed by atoms with Gasteiger partial charge in [-0.15, -0.1) is 0 Å². The predicted molar refractivity (Wildman–Crippen MR) is 53.5 cm³/mol.